The van der Waals surface area contributed by atoms with Gasteiger partial charge in [-0.3, -0.25) is 0 Å². The van der Waals surface area contributed by atoms with Gasteiger partial charge in [0.1, 0.15) is 0 Å². The molecule has 96 valence electrons. The second-order valence-corrected chi connectivity index (χ2v) is 1.82. The molecule has 0 N–H and O–H groups in total. The van der Waals surface area contributed by atoms with Gasteiger partial charge in [-0.25, -0.2) is 0 Å². The van der Waals surface area contributed by atoms with E-state index in [-0.39, 0.29) is 48.1 Å². The van der Waals surface area contributed by atoms with Crippen molar-refractivity contribution in [3.8, 4) is 0 Å². The Morgan fingerprint density at radius 1 is 0.529 bits per heavy atom. The Balaban J connectivity index is -0.0000000369. The van der Waals surface area contributed by atoms with Crippen LogP contribution in [-0.2, 0) is 21.7 Å². The molecule has 0 aromatic rings. The van der Waals surface area contributed by atoms with Crippen LogP contribution in [0, 0.1) is 0 Å². The standard InChI is InChI=1S/4C3H5O.Ti/c4*1-2-3-4;/h4*2H,1,3H2;/q4*-1;+4. The van der Waals surface area contributed by atoms with E-state index in [1.54, 1.807) is 0 Å². The maximum Gasteiger partial charge on any atom is 4.00 e. The Labute approximate surface area is 119 Å². The van der Waals surface area contributed by atoms with Crippen LogP contribution in [0.25, 0.3) is 0 Å². The van der Waals surface area contributed by atoms with E-state index in [0.717, 1.165) is 0 Å². The average molecular weight is 276 g/mol. The number of hydrogen-bond acceptors (Lipinski definition) is 4. The minimum Gasteiger partial charge on any atom is -0.851 e. The summed E-state index contributed by atoms with van der Waals surface area (Å²) in [5.41, 5.74) is 0. The van der Waals surface area contributed by atoms with Crippen LogP contribution in [-0.4, -0.2) is 26.4 Å². The zero-order valence-corrected chi connectivity index (χ0v) is 11.7. The topological polar surface area (TPSA) is 92.2 Å². The molecular formula is C12H20O4Ti. The van der Waals surface area contributed by atoms with E-state index in [4.69, 9.17) is 0 Å². The largest absolute Gasteiger partial charge is 4.00 e. The Morgan fingerprint density at radius 2 is 0.588 bits per heavy atom. The average Bonchev–Trinajstić information content (AvgIpc) is 2.39. The molecular weight excluding hydrogens is 256 g/mol. The first-order valence-electron chi connectivity index (χ1n) is 4.42. The number of rotatable bonds is 4. The van der Waals surface area contributed by atoms with Gasteiger partial charge in [-0.1, -0.05) is 0 Å². The first-order valence-corrected chi connectivity index (χ1v) is 4.42. The summed E-state index contributed by atoms with van der Waals surface area (Å²) in [4.78, 5) is 0. The summed E-state index contributed by atoms with van der Waals surface area (Å²) < 4.78 is 0. The molecule has 0 radical (unpaired) electrons. The van der Waals surface area contributed by atoms with Crippen LogP contribution in [0.4, 0.5) is 0 Å². The van der Waals surface area contributed by atoms with Gasteiger partial charge in [0, 0.05) is 0 Å². The van der Waals surface area contributed by atoms with Gasteiger partial charge < -0.3 is 20.4 Å². The van der Waals surface area contributed by atoms with Gasteiger partial charge in [-0.05, 0) is 0 Å². The van der Waals surface area contributed by atoms with Crippen LogP contribution in [0.3, 0.4) is 0 Å². The molecule has 0 fully saturated rings. The smallest absolute Gasteiger partial charge is 0.851 e. The predicted octanol–water partition coefficient (Wildman–Crippen LogP) is -1.87. The molecule has 0 rings (SSSR count). The van der Waals surface area contributed by atoms with E-state index in [1.165, 1.54) is 24.3 Å². The van der Waals surface area contributed by atoms with Crippen LogP contribution in [0.15, 0.2) is 50.6 Å². The van der Waals surface area contributed by atoms with Crippen LogP contribution >= 0.6 is 0 Å². The Kier molecular flexibility index (Phi) is 102. The first kappa shape index (κ1) is 30.0. The molecule has 0 bridgehead atoms. The van der Waals surface area contributed by atoms with Gasteiger partial charge >= 0.3 is 21.7 Å². The van der Waals surface area contributed by atoms with Gasteiger partial charge in [-0.15, -0.1) is 77.0 Å². The van der Waals surface area contributed by atoms with Gasteiger partial charge in [0.25, 0.3) is 0 Å². The molecule has 0 aliphatic rings. The molecule has 0 atom stereocenters. The van der Waals surface area contributed by atoms with E-state index in [2.05, 4.69) is 26.3 Å². The van der Waals surface area contributed by atoms with E-state index in [9.17, 15) is 20.4 Å². The molecule has 0 amide bonds. The molecule has 5 heteroatoms. The van der Waals surface area contributed by atoms with Crippen molar-refractivity contribution < 1.29 is 42.1 Å². The third-order valence-electron chi connectivity index (χ3n) is 0.471. The summed E-state index contributed by atoms with van der Waals surface area (Å²) in [5, 5.41) is 36.7. The Bertz CT molecular complexity index is 106. The van der Waals surface area contributed by atoms with E-state index in [0.29, 0.717) is 0 Å². The van der Waals surface area contributed by atoms with Crippen molar-refractivity contribution >= 4 is 0 Å². The van der Waals surface area contributed by atoms with Crippen LogP contribution in [0.2, 0.25) is 0 Å². The van der Waals surface area contributed by atoms with Gasteiger partial charge in [0.05, 0.1) is 0 Å². The van der Waals surface area contributed by atoms with Crippen LogP contribution in [0.5, 0.6) is 0 Å². The summed E-state index contributed by atoms with van der Waals surface area (Å²) in [6, 6.07) is 0. The van der Waals surface area contributed by atoms with Crippen molar-refractivity contribution in [2.24, 2.45) is 0 Å². The normalized spacial score (nSPS) is 5.88. The minimum atomic E-state index is -0.167. The summed E-state index contributed by atoms with van der Waals surface area (Å²) in [7, 11) is 0. The third-order valence-corrected chi connectivity index (χ3v) is 0.471. The first-order chi connectivity index (χ1) is 7.66. The molecule has 0 aliphatic carbocycles. The molecule has 0 aromatic heterocycles. The maximum atomic E-state index is 9.18. The molecule has 4 nitrogen and oxygen atoms in total. The monoisotopic (exact) mass is 276 g/mol. The fraction of sp³-hybridized carbons (Fsp3) is 0.333. The van der Waals surface area contributed by atoms with Crippen molar-refractivity contribution in [2.75, 3.05) is 26.4 Å². The summed E-state index contributed by atoms with van der Waals surface area (Å²) in [5.74, 6) is 0. The molecule has 0 heterocycles. The zero-order chi connectivity index (χ0) is 13.7. The molecule has 0 saturated heterocycles. The second kappa shape index (κ2) is 57.9. The van der Waals surface area contributed by atoms with Crippen molar-refractivity contribution in [1.29, 1.82) is 0 Å². The van der Waals surface area contributed by atoms with E-state index in [1.807, 2.05) is 0 Å². The molecule has 0 spiro atoms. The predicted molar refractivity (Wildman–Crippen MR) is 60.3 cm³/mol. The van der Waals surface area contributed by atoms with Crippen molar-refractivity contribution in [3.05, 3.63) is 50.6 Å². The fourth-order valence-corrected chi connectivity index (χ4v) is 0. The molecule has 0 aliphatic heterocycles. The molecule has 0 aromatic carbocycles. The van der Waals surface area contributed by atoms with Crippen molar-refractivity contribution in [2.45, 2.75) is 0 Å². The quantitative estimate of drug-likeness (QED) is 0.444. The fourth-order valence-electron chi connectivity index (χ4n) is 0. The third kappa shape index (κ3) is 229. The van der Waals surface area contributed by atoms with Gasteiger partial charge in [0.2, 0.25) is 0 Å². The van der Waals surface area contributed by atoms with E-state index < -0.39 is 0 Å². The Morgan fingerprint density at radius 3 is 0.588 bits per heavy atom. The summed E-state index contributed by atoms with van der Waals surface area (Å²) in [6.45, 7) is 12.0. The van der Waals surface area contributed by atoms with Gasteiger partial charge in [0.15, 0.2) is 0 Å². The zero-order valence-electron chi connectivity index (χ0n) is 10.1. The summed E-state index contributed by atoms with van der Waals surface area (Å²) >= 11 is 0. The van der Waals surface area contributed by atoms with Crippen LogP contribution in [0.1, 0.15) is 0 Å². The maximum absolute atomic E-state index is 9.18. The van der Waals surface area contributed by atoms with Crippen molar-refractivity contribution in [3.63, 3.8) is 0 Å². The molecule has 17 heavy (non-hydrogen) atoms. The van der Waals surface area contributed by atoms with Gasteiger partial charge in [-0.2, -0.15) is 0 Å². The summed E-state index contributed by atoms with van der Waals surface area (Å²) in [6.07, 6.45) is 5.28. The number of hydrogen-bond donors (Lipinski definition) is 0. The molecule has 0 unspecified atom stereocenters. The Hall–Kier alpha value is -0.486. The van der Waals surface area contributed by atoms with E-state index >= 15 is 0 Å². The second-order valence-electron chi connectivity index (χ2n) is 1.82. The SMILES string of the molecule is C=CC[O-].C=CC[O-].C=CC[O-].C=CC[O-].[Ti+4]. The van der Waals surface area contributed by atoms with Crippen molar-refractivity contribution in [1.82, 2.24) is 0 Å². The van der Waals surface area contributed by atoms with Crippen LogP contribution < -0.4 is 20.4 Å². The minimum absolute atomic E-state index is 0. The molecule has 0 saturated carbocycles.